The Balaban J connectivity index is 1.51. The van der Waals surface area contributed by atoms with E-state index in [-0.39, 0.29) is 0 Å². The van der Waals surface area contributed by atoms with Crippen molar-refractivity contribution >= 4 is 17.9 Å². The number of carbonyl (C=O) groups is 1. The molecular weight excluding hydrogens is 418 g/mol. The first-order valence-electron chi connectivity index (χ1n) is 10.8. The fraction of sp³-hybridized carbons (Fsp3) is 0.231. The van der Waals surface area contributed by atoms with E-state index in [1.165, 1.54) is 11.1 Å². The number of para-hydroxylation sites is 1. The van der Waals surface area contributed by atoms with E-state index in [1.807, 2.05) is 61.5 Å². The summed E-state index contributed by atoms with van der Waals surface area (Å²) in [5.41, 5.74) is 6.31. The van der Waals surface area contributed by atoms with Gasteiger partial charge in [-0.3, -0.25) is 0 Å². The van der Waals surface area contributed by atoms with Crippen LogP contribution >= 0.6 is 0 Å². The van der Waals surface area contributed by atoms with Crippen LogP contribution in [0.5, 0.6) is 17.2 Å². The van der Waals surface area contributed by atoms with E-state index in [2.05, 4.69) is 29.7 Å². The van der Waals surface area contributed by atoms with Crippen molar-refractivity contribution in [2.45, 2.75) is 20.8 Å². The highest BCUT2D eigenvalue weighted by atomic mass is 16.5. The summed E-state index contributed by atoms with van der Waals surface area (Å²) in [6.07, 6.45) is 1.54. The molecule has 2 N–H and O–H groups in total. The van der Waals surface area contributed by atoms with Crippen LogP contribution in [0.2, 0.25) is 0 Å². The predicted octanol–water partition coefficient (Wildman–Crippen LogP) is 5.32. The Morgan fingerprint density at radius 1 is 0.879 bits per heavy atom. The zero-order chi connectivity index (χ0) is 23.5. The Morgan fingerprint density at radius 3 is 2.42 bits per heavy atom. The number of hydrogen-bond donors (Lipinski definition) is 2. The second kappa shape index (κ2) is 12.1. The molecular formula is C26H29N3O4. The van der Waals surface area contributed by atoms with Crippen LogP contribution in [-0.4, -0.2) is 32.1 Å². The molecule has 33 heavy (non-hydrogen) atoms. The number of nitrogens with one attached hydrogen (secondary N) is 2. The van der Waals surface area contributed by atoms with Gasteiger partial charge in [0.05, 0.1) is 12.8 Å². The molecule has 0 spiro atoms. The maximum absolute atomic E-state index is 11.9. The third-order valence-electron chi connectivity index (χ3n) is 4.77. The van der Waals surface area contributed by atoms with Gasteiger partial charge in [-0.2, -0.15) is 5.10 Å². The normalized spacial score (nSPS) is 10.6. The average Bonchev–Trinajstić information content (AvgIpc) is 2.81. The Labute approximate surface area is 194 Å². The van der Waals surface area contributed by atoms with Crippen molar-refractivity contribution in [3.63, 3.8) is 0 Å². The standard InChI is InChI=1S/C26H29N3O4/c1-4-31-25-17-21(18-27-29-26(30)28-22-8-6-5-7-9-22)11-13-24(25)33-15-14-32-23-12-10-19(2)20(3)16-23/h5-13,16-18H,4,14-15H2,1-3H3,(H2,28,29,30). The summed E-state index contributed by atoms with van der Waals surface area (Å²) in [6, 6.07) is 20.2. The van der Waals surface area contributed by atoms with Crippen molar-refractivity contribution in [2.24, 2.45) is 5.10 Å². The van der Waals surface area contributed by atoms with Gasteiger partial charge in [0.1, 0.15) is 19.0 Å². The van der Waals surface area contributed by atoms with Crippen LogP contribution < -0.4 is 25.0 Å². The summed E-state index contributed by atoms with van der Waals surface area (Å²) in [5, 5.41) is 6.68. The highest BCUT2D eigenvalue weighted by molar-refractivity contribution is 5.90. The highest BCUT2D eigenvalue weighted by Crippen LogP contribution is 2.28. The Morgan fingerprint density at radius 2 is 1.67 bits per heavy atom. The van der Waals surface area contributed by atoms with E-state index in [9.17, 15) is 4.79 Å². The van der Waals surface area contributed by atoms with Crippen LogP contribution in [0.25, 0.3) is 0 Å². The van der Waals surface area contributed by atoms with E-state index in [4.69, 9.17) is 14.2 Å². The van der Waals surface area contributed by atoms with Crippen LogP contribution in [0.3, 0.4) is 0 Å². The minimum absolute atomic E-state index is 0.377. The highest BCUT2D eigenvalue weighted by Gasteiger charge is 2.07. The summed E-state index contributed by atoms with van der Waals surface area (Å²) in [5.74, 6) is 2.04. The number of amides is 2. The molecule has 0 fully saturated rings. The zero-order valence-corrected chi connectivity index (χ0v) is 19.1. The first-order valence-corrected chi connectivity index (χ1v) is 10.8. The SMILES string of the molecule is CCOc1cc(C=NNC(=O)Nc2ccccc2)ccc1OCCOc1ccc(C)c(C)c1. The molecule has 0 aliphatic carbocycles. The van der Waals surface area contributed by atoms with E-state index in [0.29, 0.717) is 37.0 Å². The predicted molar refractivity (Wildman–Crippen MR) is 131 cm³/mol. The van der Waals surface area contributed by atoms with Crippen LogP contribution in [0.1, 0.15) is 23.6 Å². The molecule has 3 aromatic carbocycles. The van der Waals surface area contributed by atoms with Gasteiger partial charge < -0.3 is 19.5 Å². The van der Waals surface area contributed by atoms with Gasteiger partial charge in [0.15, 0.2) is 11.5 Å². The number of hydrogen-bond acceptors (Lipinski definition) is 5. The topological polar surface area (TPSA) is 81.2 Å². The molecule has 0 unspecified atom stereocenters. The van der Waals surface area contributed by atoms with Crippen LogP contribution in [0, 0.1) is 13.8 Å². The summed E-state index contributed by atoms with van der Waals surface area (Å²) in [6.45, 7) is 7.32. The minimum Gasteiger partial charge on any atom is -0.490 e. The third-order valence-corrected chi connectivity index (χ3v) is 4.77. The van der Waals surface area contributed by atoms with E-state index < -0.39 is 6.03 Å². The van der Waals surface area contributed by atoms with Crippen molar-refractivity contribution in [2.75, 3.05) is 25.1 Å². The Bertz CT molecular complexity index is 1080. The minimum atomic E-state index is -0.425. The molecule has 0 atom stereocenters. The van der Waals surface area contributed by atoms with Crippen molar-refractivity contribution in [3.8, 4) is 17.2 Å². The van der Waals surface area contributed by atoms with Crippen LogP contribution in [0.15, 0.2) is 71.8 Å². The molecule has 7 heteroatoms. The maximum atomic E-state index is 11.9. The lowest BCUT2D eigenvalue weighted by Gasteiger charge is -2.13. The fourth-order valence-electron chi connectivity index (χ4n) is 2.95. The Kier molecular flexibility index (Phi) is 8.71. The molecule has 0 saturated carbocycles. The van der Waals surface area contributed by atoms with E-state index in [1.54, 1.807) is 18.3 Å². The van der Waals surface area contributed by atoms with Gasteiger partial charge in [-0.05, 0) is 79.9 Å². The second-order valence-electron chi connectivity index (χ2n) is 7.27. The van der Waals surface area contributed by atoms with Gasteiger partial charge in [0.25, 0.3) is 0 Å². The molecule has 0 heterocycles. The lowest BCUT2D eigenvalue weighted by molar-refractivity contribution is 0.208. The molecule has 3 aromatic rings. The number of aryl methyl sites for hydroxylation is 2. The van der Waals surface area contributed by atoms with E-state index >= 15 is 0 Å². The molecule has 0 aliphatic rings. The molecule has 0 aliphatic heterocycles. The number of hydrazone groups is 1. The second-order valence-corrected chi connectivity index (χ2v) is 7.27. The number of anilines is 1. The largest absolute Gasteiger partial charge is 0.490 e. The molecule has 0 bridgehead atoms. The average molecular weight is 448 g/mol. The summed E-state index contributed by atoms with van der Waals surface area (Å²) < 4.78 is 17.3. The summed E-state index contributed by atoms with van der Waals surface area (Å²) in [7, 11) is 0. The van der Waals surface area contributed by atoms with Gasteiger partial charge in [0, 0.05) is 5.69 Å². The third kappa shape index (κ3) is 7.57. The first kappa shape index (κ1) is 23.7. The van der Waals surface area contributed by atoms with Crippen molar-refractivity contribution in [1.82, 2.24) is 5.43 Å². The lowest BCUT2D eigenvalue weighted by atomic mass is 10.1. The smallest absolute Gasteiger partial charge is 0.339 e. The fourth-order valence-corrected chi connectivity index (χ4v) is 2.95. The number of urea groups is 1. The zero-order valence-electron chi connectivity index (χ0n) is 19.1. The van der Waals surface area contributed by atoms with Gasteiger partial charge in [-0.1, -0.05) is 24.3 Å². The summed E-state index contributed by atoms with van der Waals surface area (Å²) >= 11 is 0. The maximum Gasteiger partial charge on any atom is 0.339 e. The van der Waals surface area contributed by atoms with Crippen molar-refractivity contribution in [1.29, 1.82) is 0 Å². The molecule has 0 aromatic heterocycles. The molecule has 172 valence electrons. The van der Waals surface area contributed by atoms with Crippen LogP contribution in [-0.2, 0) is 0 Å². The summed E-state index contributed by atoms with van der Waals surface area (Å²) in [4.78, 5) is 11.9. The van der Waals surface area contributed by atoms with Crippen molar-refractivity contribution in [3.05, 3.63) is 83.4 Å². The number of carbonyl (C=O) groups excluding carboxylic acids is 1. The molecule has 0 radical (unpaired) electrons. The quantitative estimate of drug-likeness (QED) is 0.251. The van der Waals surface area contributed by atoms with Gasteiger partial charge in [-0.25, -0.2) is 10.2 Å². The van der Waals surface area contributed by atoms with Crippen LogP contribution in [0.4, 0.5) is 10.5 Å². The molecule has 3 rings (SSSR count). The van der Waals surface area contributed by atoms with Gasteiger partial charge >= 0.3 is 6.03 Å². The first-order chi connectivity index (χ1) is 16.0. The van der Waals surface area contributed by atoms with Gasteiger partial charge in [-0.15, -0.1) is 0 Å². The number of ether oxygens (including phenoxy) is 3. The molecule has 0 saturated heterocycles. The van der Waals surface area contributed by atoms with E-state index in [0.717, 1.165) is 11.3 Å². The van der Waals surface area contributed by atoms with Crippen molar-refractivity contribution < 1.29 is 19.0 Å². The molecule has 2 amide bonds. The number of rotatable bonds is 10. The number of benzene rings is 3. The van der Waals surface area contributed by atoms with Gasteiger partial charge in [0.2, 0.25) is 0 Å². The Hall–Kier alpha value is -4.00. The monoisotopic (exact) mass is 447 g/mol. The molecule has 7 nitrogen and oxygen atoms in total. The number of nitrogens with zero attached hydrogens (tertiary/aromatic N) is 1. The lowest BCUT2D eigenvalue weighted by Crippen LogP contribution is -2.24.